The van der Waals surface area contributed by atoms with Gasteiger partial charge in [-0.2, -0.15) is 0 Å². The molecule has 0 unspecified atom stereocenters. The summed E-state index contributed by atoms with van der Waals surface area (Å²) < 4.78 is 10.6. The minimum atomic E-state index is 0.144. The van der Waals surface area contributed by atoms with Gasteiger partial charge in [0.05, 0.1) is 14.2 Å². The first-order chi connectivity index (χ1) is 13.1. The highest BCUT2D eigenvalue weighted by Crippen LogP contribution is 2.34. The van der Waals surface area contributed by atoms with Crippen LogP contribution in [0.2, 0.25) is 0 Å². The number of Topliss-reactive ketones (excluding diaryl/α,β-unsaturated/α-hetero) is 1. The summed E-state index contributed by atoms with van der Waals surface area (Å²) >= 11 is 0. The summed E-state index contributed by atoms with van der Waals surface area (Å²) in [6, 6.07) is 15.6. The maximum absolute atomic E-state index is 13.1. The highest BCUT2D eigenvalue weighted by molar-refractivity contribution is 6.14. The molecule has 2 aromatic carbocycles. The normalized spacial score (nSPS) is 20.1. The molecule has 3 heteroatoms. The highest BCUT2D eigenvalue weighted by Gasteiger charge is 2.26. The fraction of sp³-hybridized carbons (Fsp3) is 0.292. The molecular formula is C24H26O3. The van der Waals surface area contributed by atoms with Gasteiger partial charge in [-0.05, 0) is 66.3 Å². The molecular weight excluding hydrogens is 336 g/mol. The molecule has 2 aromatic rings. The molecule has 0 aromatic heterocycles. The Morgan fingerprint density at radius 2 is 1.37 bits per heavy atom. The van der Waals surface area contributed by atoms with Crippen LogP contribution in [-0.2, 0) is 4.79 Å². The van der Waals surface area contributed by atoms with Crippen LogP contribution in [0.25, 0.3) is 12.2 Å². The number of allylic oxidation sites excluding steroid dienone is 2. The molecule has 27 heavy (non-hydrogen) atoms. The van der Waals surface area contributed by atoms with E-state index in [1.807, 2.05) is 60.7 Å². The fourth-order valence-electron chi connectivity index (χ4n) is 3.49. The standard InChI is InChI=1S/C24H26O3/c1-4-17-11-20(13-18-7-5-9-22(15-18)26-2)24(25)21(12-17)14-19-8-6-10-23(16-19)27-3/h5-10,13-17H,4,11-12H2,1-3H3/b20-13+,21-14+. The Hall–Kier alpha value is -2.81. The molecule has 0 bridgehead atoms. The first kappa shape index (κ1) is 19.0. The number of rotatable bonds is 5. The van der Waals surface area contributed by atoms with Gasteiger partial charge in [-0.3, -0.25) is 4.79 Å². The first-order valence-electron chi connectivity index (χ1n) is 9.37. The van der Waals surface area contributed by atoms with Crippen LogP contribution in [0.3, 0.4) is 0 Å². The van der Waals surface area contributed by atoms with Crippen molar-refractivity contribution in [3.8, 4) is 11.5 Å². The smallest absolute Gasteiger partial charge is 0.185 e. The molecule has 1 fully saturated rings. The first-order valence-corrected chi connectivity index (χ1v) is 9.37. The van der Waals surface area contributed by atoms with Crippen molar-refractivity contribution in [1.29, 1.82) is 0 Å². The molecule has 3 nitrogen and oxygen atoms in total. The Balaban J connectivity index is 1.94. The van der Waals surface area contributed by atoms with Crippen LogP contribution in [0.5, 0.6) is 11.5 Å². The van der Waals surface area contributed by atoms with Crippen molar-refractivity contribution in [2.45, 2.75) is 26.2 Å². The van der Waals surface area contributed by atoms with Crippen molar-refractivity contribution in [2.24, 2.45) is 5.92 Å². The summed E-state index contributed by atoms with van der Waals surface area (Å²) in [6.45, 7) is 2.19. The molecule has 0 spiro atoms. The summed E-state index contributed by atoms with van der Waals surface area (Å²) in [6.07, 6.45) is 6.71. The Labute approximate surface area is 161 Å². The minimum Gasteiger partial charge on any atom is -0.497 e. The zero-order valence-electron chi connectivity index (χ0n) is 16.2. The summed E-state index contributed by atoms with van der Waals surface area (Å²) in [5, 5.41) is 0. The lowest BCUT2D eigenvalue weighted by molar-refractivity contribution is -0.113. The average Bonchev–Trinajstić information content (AvgIpc) is 2.71. The molecule has 0 heterocycles. The molecule has 140 valence electrons. The van der Waals surface area contributed by atoms with E-state index in [1.54, 1.807) is 14.2 Å². The summed E-state index contributed by atoms with van der Waals surface area (Å²) in [4.78, 5) is 13.1. The molecule has 3 rings (SSSR count). The SMILES string of the molecule is CCC1C/C(=C\c2cccc(OC)c2)C(=O)/C(=C/c2cccc(OC)c2)C1. The Kier molecular flexibility index (Phi) is 6.12. The van der Waals surface area contributed by atoms with Crippen molar-refractivity contribution in [3.05, 3.63) is 70.8 Å². The van der Waals surface area contributed by atoms with Gasteiger partial charge < -0.3 is 9.47 Å². The number of carbonyl (C=O) groups is 1. The molecule has 1 aliphatic rings. The lowest BCUT2D eigenvalue weighted by atomic mass is 9.78. The van der Waals surface area contributed by atoms with Gasteiger partial charge in [0.1, 0.15) is 11.5 Å². The van der Waals surface area contributed by atoms with E-state index in [1.165, 1.54) is 0 Å². The molecule has 0 amide bonds. The molecule has 1 saturated carbocycles. The van der Waals surface area contributed by atoms with Crippen LogP contribution >= 0.6 is 0 Å². The number of hydrogen-bond acceptors (Lipinski definition) is 3. The summed E-state index contributed by atoms with van der Waals surface area (Å²) in [5.74, 6) is 2.22. The third-order valence-corrected chi connectivity index (χ3v) is 5.05. The van der Waals surface area contributed by atoms with Gasteiger partial charge in [0.2, 0.25) is 0 Å². The molecule has 0 N–H and O–H groups in total. The molecule has 0 aliphatic heterocycles. The van der Waals surface area contributed by atoms with Gasteiger partial charge in [0, 0.05) is 11.1 Å². The van der Waals surface area contributed by atoms with E-state index in [2.05, 4.69) is 6.92 Å². The number of ether oxygens (including phenoxy) is 2. The monoisotopic (exact) mass is 362 g/mol. The largest absolute Gasteiger partial charge is 0.497 e. The Bertz CT molecular complexity index is 807. The summed E-state index contributed by atoms with van der Waals surface area (Å²) in [7, 11) is 3.31. The topological polar surface area (TPSA) is 35.5 Å². The van der Waals surface area contributed by atoms with Crippen LogP contribution < -0.4 is 9.47 Å². The van der Waals surface area contributed by atoms with E-state index in [9.17, 15) is 4.79 Å². The Morgan fingerprint density at radius 1 is 0.889 bits per heavy atom. The number of ketones is 1. The van der Waals surface area contributed by atoms with Gasteiger partial charge in [-0.15, -0.1) is 0 Å². The average molecular weight is 362 g/mol. The maximum Gasteiger partial charge on any atom is 0.185 e. The zero-order chi connectivity index (χ0) is 19.2. The number of carbonyl (C=O) groups excluding carboxylic acids is 1. The van der Waals surface area contributed by atoms with E-state index >= 15 is 0 Å². The van der Waals surface area contributed by atoms with Crippen LogP contribution in [0.4, 0.5) is 0 Å². The van der Waals surface area contributed by atoms with Gasteiger partial charge in [0.25, 0.3) is 0 Å². The number of methoxy groups -OCH3 is 2. The van der Waals surface area contributed by atoms with Gasteiger partial charge in [-0.1, -0.05) is 37.6 Å². The molecule has 0 radical (unpaired) electrons. The molecule has 0 saturated heterocycles. The minimum absolute atomic E-state index is 0.144. The van der Waals surface area contributed by atoms with Gasteiger partial charge in [-0.25, -0.2) is 0 Å². The Morgan fingerprint density at radius 3 is 1.78 bits per heavy atom. The lowest BCUT2D eigenvalue weighted by Gasteiger charge is -2.25. The predicted molar refractivity (Wildman–Crippen MR) is 110 cm³/mol. The van der Waals surface area contributed by atoms with Crippen molar-refractivity contribution >= 4 is 17.9 Å². The van der Waals surface area contributed by atoms with E-state index in [-0.39, 0.29) is 5.78 Å². The van der Waals surface area contributed by atoms with Crippen molar-refractivity contribution in [1.82, 2.24) is 0 Å². The van der Waals surface area contributed by atoms with Crippen LogP contribution in [0, 0.1) is 5.92 Å². The lowest BCUT2D eigenvalue weighted by Crippen LogP contribution is -2.19. The maximum atomic E-state index is 13.1. The molecule has 0 atom stereocenters. The quantitative estimate of drug-likeness (QED) is 0.653. The fourth-order valence-corrected chi connectivity index (χ4v) is 3.49. The predicted octanol–water partition coefficient (Wildman–Crippen LogP) is 5.56. The van der Waals surface area contributed by atoms with Crippen LogP contribution in [-0.4, -0.2) is 20.0 Å². The second-order valence-electron chi connectivity index (χ2n) is 6.90. The third kappa shape index (κ3) is 4.68. The van der Waals surface area contributed by atoms with Crippen LogP contribution in [0.1, 0.15) is 37.3 Å². The van der Waals surface area contributed by atoms with E-state index < -0.39 is 0 Å². The number of hydrogen-bond donors (Lipinski definition) is 0. The molecule has 1 aliphatic carbocycles. The van der Waals surface area contributed by atoms with E-state index in [4.69, 9.17) is 9.47 Å². The van der Waals surface area contributed by atoms with Crippen molar-refractivity contribution in [2.75, 3.05) is 14.2 Å². The third-order valence-electron chi connectivity index (χ3n) is 5.05. The number of benzene rings is 2. The van der Waals surface area contributed by atoms with E-state index in [0.29, 0.717) is 5.92 Å². The van der Waals surface area contributed by atoms with Gasteiger partial charge in [0.15, 0.2) is 5.78 Å². The van der Waals surface area contributed by atoms with Crippen molar-refractivity contribution < 1.29 is 14.3 Å². The summed E-state index contributed by atoms with van der Waals surface area (Å²) in [5.41, 5.74) is 3.73. The highest BCUT2D eigenvalue weighted by atomic mass is 16.5. The van der Waals surface area contributed by atoms with E-state index in [0.717, 1.165) is 53.0 Å². The zero-order valence-corrected chi connectivity index (χ0v) is 16.2. The van der Waals surface area contributed by atoms with Crippen molar-refractivity contribution in [3.63, 3.8) is 0 Å². The van der Waals surface area contributed by atoms with Gasteiger partial charge >= 0.3 is 0 Å². The second kappa shape index (κ2) is 8.72. The van der Waals surface area contributed by atoms with Crippen LogP contribution in [0.15, 0.2) is 59.7 Å². The second-order valence-corrected chi connectivity index (χ2v) is 6.90.